The van der Waals surface area contributed by atoms with Crippen molar-refractivity contribution >= 4 is 11.9 Å². The first-order chi connectivity index (χ1) is 8.18. The van der Waals surface area contributed by atoms with Crippen LogP contribution < -0.4 is 5.32 Å². The number of rotatable bonds is 3. The summed E-state index contributed by atoms with van der Waals surface area (Å²) in [5.41, 5.74) is 0.361. The van der Waals surface area contributed by atoms with Gasteiger partial charge in [0.1, 0.15) is 5.69 Å². The molecule has 2 atom stereocenters. The van der Waals surface area contributed by atoms with E-state index in [1.165, 1.54) is 6.20 Å². The normalized spacial score (nSPS) is 24.2. The average molecular weight is 237 g/mol. The fraction of sp³-hybridized carbons (Fsp3) is 0.545. The van der Waals surface area contributed by atoms with Gasteiger partial charge in [-0.15, -0.1) is 0 Å². The lowest BCUT2D eigenvalue weighted by Crippen LogP contribution is -2.45. The van der Waals surface area contributed by atoms with E-state index in [-0.39, 0.29) is 11.9 Å². The van der Waals surface area contributed by atoms with Gasteiger partial charge in [0.05, 0.1) is 5.92 Å². The predicted molar refractivity (Wildman–Crippen MR) is 59.4 cm³/mol. The van der Waals surface area contributed by atoms with Crippen LogP contribution in [0.25, 0.3) is 0 Å². The standard InChI is InChI=1S/C11H15N3O3/c15-10(9-5-6-12-14-9)13-8-4-2-1-3-7(8)11(16)17/h5-8H,1-4H2,(H,12,14)(H,13,15)(H,16,17). The van der Waals surface area contributed by atoms with E-state index in [4.69, 9.17) is 5.11 Å². The molecule has 1 saturated carbocycles. The second-order valence-corrected chi connectivity index (χ2v) is 4.28. The van der Waals surface area contributed by atoms with E-state index in [9.17, 15) is 9.59 Å². The molecule has 1 heterocycles. The van der Waals surface area contributed by atoms with Gasteiger partial charge in [0.25, 0.3) is 5.91 Å². The van der Waals surface area contributed by atoms with Crippen LogP contribution in [-0.2, 0) is 4.79 Å². The first-order valence-corrected chi connectivity index (χ1v) is 5.71. The highest BCUT2D eigenvalue weighted by atomic mass is 16.4. The number of hydrogen-bond acceptors (Lipinski definition) is 3. The number of amides is 1. The number of carbonyl (C=O) groups is 2. The highest BCUT2D eigenvalue weighted by Gasteiger charge is 2.32. The summed E-state index contributed by atoms with van der Waals surface area (Å²) in [7, 11) is 0. The predicted octanol–water partition coefficient (Wildman–Crippen LogP) is 0.783. The Bertz CT molecular complexity index is 402. The molecule has 1 amide bonds. The van der Waals surface area contributed by atoms with Gasteiger partial charge in [-0.25, -0.2) is 0 Å². The first kappa shape index (κ1) is 11.6. The molecule has 2 unspecified atom stereocenters. The molecule has 0 aliphatic heterocycles. The van der Waals surface area contributed by atoms with Crippen LogP contribution in [0.5, 0.6) is 0 Å². The summed E-state index contributed by atoms with van der Waals surface area (Å²) in [6.07, 6.45) is 4.70. The number of carboxylic acid groups (broad SMARTS) is 1. The number of aromatic nitrogens is 2. The van der Waals surface area contributed by atoms with E-state index >= 15 is 0 Å². The fourth-order valence-electron chi connectivity index (χ4n) is 2.23. The summed E-state index contributed by atoms with van der Waals surface area (Å²) in [5.74, 6) is -1.60. The van der Waals surface area contributed by atoms with Crippen molar-refractivity contribution in [3.05, 3.63) is 18.0 Å². The van der Waals surface area contributed by atoms with Gasteiger partial charge < -0.3 is 10.4 Å². The Morgan fingerprint density at radius 2 is 2.18 bits per heavy atom. The number of hydrogen-bond donors (Lipinski definition) is 3. The third-order valence-electron chi connectivity index (χ3n) is 3.15. The van der Waals surface area contributed by atoms with Gasteiger partial charge in [-0.1, -0.05) is 12.8 Å². The van der Waals surface area contributed by atoms with Crippen LogP contribution >= 0.6 is 0 Å². The number of aromatic amines is 1. The van der Waals surface area contributed by atoms with Crippen molar-refractivity contribution in [3.63, 3.8) is 0 Å². The molecule has 0 aromatic carbocycles. The van der Waals surface area contributed by atoms with Gasteiger partial charge in [-0.3, -0.25) is 14.7 Å². The van der Waals surface area contributed by atoms with Crippen LogP contribution in [0.15, 0.2) is 12.3 Å². The molecule has 92 valence electrons. The summed E-state index contributed by atoms with van der Waals surface area (Å²) >= 11 is 0. The Morgan fingerprint density at radius 1 is 1.41 bits per heavy atom. The number of nitrogens with one attached hydrogen (secondary N) is 2. The van der Waals surface area contributed by atoms with Crippen molar-refractivity contribution in [3.8, 4) is 0 Å². The third kappa shape index (κ3) is 2.64. The highest BCUT2D eigenvalue weighted by molar-refractivity contribution is 5.92. The fourth-order valence-corrected chi connectivity index (χ4v) is 2.23. The van der Waals surface area contributed by atoms with Gasteiger partial charge in [-0.2, -0.15) is 5.10 Å². The van der Waals surface area contributed by atoms with Crippen molar-refractivity contribution in [2.45, 2.75) is 31.7 Å². The first-order valence-electron chi connectivity index (χ1n) is 5.71. The molecule has 2 rings (SSSR count). The van der Waals surface area contributed by atoms with Crippen LogP contribution in [0.4, 0.5) is 0 Å². The summed E-state index contributed by atoms with van der Waals surface area (Å²) in [4.78, 5) is 22.8. The molecule has 0 radical (unpaired) electrons. The molecular weight excluding hydrogens is 222 g/mol. The van der Waals surface area contributed by atoms with Gasteiger partial charge in [0, 0.05) is 12.2 Å². The van der Waals surface area contributed by atoms with Crippen molar-refractivity contribution in [1.29, 1.82) is 0 Å². The van der Waals surface area contributed by atoms with Crippen molar-refractivity contribution in [2.75, 3.05) is 0 Å². The van der Waals surface area contributed by atoms with E-state index in [2.05, 4.69) is 15.5 Å². The molecule has 1 aliphatic rings. The van der Waals surface area contributed by atoms with Gasteiger partial charge in [-0.05, 0) is 18.9 Å². The molecule has 6 heteroatoms. The zero-order valence-electron chi connectivity index (χ0n) is 9.35. The lowest BCUT2D eigenvalue weighted by atomic mass is 9.84. The average Bonchev–Trinajstić information content (AvgIpc) is 2.83. The minimum Gasteiger partial charge on any atom is -0.481 e. The Morgan fingerprint density at radius 3 is 2.82 bits per heavy atom. The summed E-state index contributed by atoms with van der Waals surface area (Å²) in [6, 6.07) is 1.28. The number of nitrogens with zero attached hydrogens (tertiary/aromatic N) is 1. The summed E-state index contributed by atoms with van der Waals surface area (Å²) in [6.45, 7) is 0. The van der Waals surface area contributed by atoms with Crippen LogP contribution in [0.2, 0.25) is 0 Å². The van der Waals surface area contributed by atoms with Crippen molar-refractivity contribution in [1.82, 2.24) is 15.5 Å². The smallest absolute Gasteiger partial charge is 0.308 e. The summed E-state index contributed by atoms with van der Waals surface area (Å²) in [5, 5.41) is 18.1. The molecule has 0 bridgehead atoms. The monoisotopic (exact) mass is 237 g/mol. The van der Waals surface area contributed by atoms with E-state index in [1.54, 1.807) is 6.07 Å². The maximum Gasteiger partial charge on any atom is 0.308 e. The largest absolute Gasteiger partial charge is 0.481 e. The van der Waals surface area contributed by atoms with E-state index in [1.807, 2.05) is 0 Å². The Hall–Kier alpha value is -1.85. The Kier molecular flexibility index (Phi) is 3.41. The lowest BCUT2D eigenvalue weighted by molar-refractivity contribution is -0.143. The van der Waals surface area contributed by atoms with E-state index < -0.39 is 11.9 Å². The second kappa shape index (κ2) is 4.99. The number of H-pyrrole nitrogens is 1. The molecule has 1 fully saturated rings. The second-order valence-electron chi connectivity index (χ2n) is 4.28. The van der Waals surface area contributed by atoms with Crippen molar-refractivity contribution in [2.24, 2.45) is 5.92 Å². The maximum atomic E-state index is 11.8. The summed E-state index contributed by atoms with van der Waals surface area (Å²) < 4.78 is 0. The van der Waals surface area contributed by atoms with Gasteiger partial charge >= 0.3 is 5.97 Å². The molecule has 0 saturated heterocycles. The number of aliphatic carboxylic acids is 1. The molecule has 1 aromatic rings. The molecule has 3 N–H and O–H groups in total. The molecular formula is C11H15N3O3. The lowest BCUT2D eigenvalue weighted by Gasteiger charge is -2.28. The van der Waals surface area contributed by atoms with E-state index in [0.717, 1.165) is 19.3 Å². The van der Waals surface area contributed by atoms with Crippen LogP contribution in [0.1, 0.15) is 36.2 Å². The molecule has 17 heavy (non-hydrogen) atoms. The zero-order valence-corrected chi connectivity index (χ0v) is 9.35. The van der Waals surface area contributed by atoms with Crippen LogP contribution in [0.3, 0.4) is 0 Å². The maximum absolute atomic E-state index is 11.8. The van der Waals surface area contributed by atoms with Gasteiger partial charge in [0.15, 0.2) is 0 Å². The quantitative estimate of drug-likeness (QED) is 0.724. The highest BCUT2D eigenvalue weighted by Crippen LogP contribution is 2.24. The molecule has 0 spiro atoms. The SMILES string of the molecule is O=C(NC1CCCCC1C(=O)O)c1ccn[nH]1. The third-order valence-corrected chi connectivity index (χ3v) is 3.15. The van der Waals surface area contributed by atoms with Crippen LogP contribution in [-0.4, -0.2) is 33.2 Å². The van der Waals surface area contributed by atoms with Crippen molar-refractivity contribution < 1.29 is 14.7 Å². The number of carboxylic acids is 1. The molecule has 1 aromatic heterocycles. The topological polar surface area (TPSA) is 95.1 Å². The molecule has 1 aliphatic carbocycles. The van der Waals surface area contributed by atoms with E-state index in [0.29, 0.717) is 12.1 Å². The molecule has 6 nitrogen and oxygen atoms in total. The Labute approximate surface area is 98.4 Å². The van der Waals surface area contributed by atoms with Gasteiger partial charge in [0.2, 0.25) is 0 Å². The zero-order chi connectivity index (χ0) is 12.3. The Balaban J connectivity index is 2.01. The minimum absolute atomic E-state index is 0.281. The number of carbonyl (C=O) groups excluding carboxylic acids is 1. The van der Waals surface area contributed by atoms with Crippen LogP contribution in [0, 0.1) is 5.92 Å². The minimum atomic E-state index is -0.834.